The molecule has 1 heterocycles. The Hall–Kier alpha value is -3.23. The number of fused-ring (bicyclic) bond motifs is 1. The van der Waals surface area contributed by atoms with Gasteiger partial charge in [-0.25, -0.2) is 9.59 Å². The van der Waals surface area contributed by atoms with Crippen molar-refractivity contribution < 1.29 is 25.2 Å². The van der Waals surface area contributed by atoms with E-state index in [4.69, 9.17) is 10.8 Å². The van der Waals surface area contributed by atoms with Crippen molar-refractivity contribution in [2.75, 3.05) is 13.1 Å². The summed E-state index contributed by atoms with van der Waals surface area (Å²) in [5.41, 5.74) is 0.359. The van der Waals surface area contributed by atoms with Gasteiger partial charge in [0.15, 0.2) is 0 Å². The Morgan fingerprint density at radius 2 is 1.60 bits per heavy atom. The van der Waals surface area contributed by atoms with Gasteiger partial charge in [-0.15, -0.1) is 0 Å². The zero-order valence-corrected chi connectivity index (χ0v) is 21.5. The van der Waals surface area contributed by atoms with E-state index in [2.05, 4.69) is 20.9 Å². The maximum atomic E-state index is 13.0. The fraction of sp³-hybridized carbons (Fsp3) is 0.577. The van der Waals surface area contributed by atoms with Gasteiger partial charge in [-0.3, -0.25) is 4.79 Å². The van der Waals surface area contributed by atoms with E-state index < -0.39 is 29.4 Å². The molecule has 4 N–H and O–H groups in total. The van der Waals surface area contributed by atoms with Gasteiger partial charge in [-0.1, -0.05) is 18.2 Å². The number of nitrogens with one attached hydrogen (secondary N) is 4. The Labute approximate surface area is 209 Å². The molecule has 0 unspecified atom stereocenters. The molecule has 0 saturated heterocycles. The molecule has 9 heteroatoms. The quantitative estimate of drug-likeness (QED) is 0.368. The summed E-state index contributed by atoms with van der Waals surface area (Å²) in [6.07, 6.45) is 3.22. The zero-order chi connectivity index (χ0) is 26.8. The number of aromatic nitrogens is 1. The van der Waals surface area contributed by atoms with E-state index in [1.807, 2.05) is 51.2 Å². The molecule has 2 aromatic rings. The van der Waals surface area contributed by atoms with Crippen LogP contribution in [0.2, 0.25) is 0 Å². The minimum Gasteiger partial charge on any atom is -0.444 e. The molecule has 0 bridgehead atoms. The fourth-order valence-electron chi connectivity index (χ4n) is 3.42. The summed E-state index contributed by atoms with van der Waals surface area (Å²) < 4.78 is 18.0. The van der Waals surface area contributed by atoms with Crippen LogP contribution in [0.5, 0.6) is 0 Å². The van der Waals surface area contributed by atoms with Gasteiger partial charge in [0.1, 0.15) is 17.2 Å². The number of carbonyl (C=O) groups is 3. The molecule has 194 valence electrons. The lowest BCUT2D eigenvalue weighted by molar-refractivity contribution is -0.123. The first-order valence-corrected chi connectivity index (χ1v) is 12.0. The highest BCUT2D eigenvalue weighted by molar-refractivity contribution is 5.88. The summed E-state index contributed by atoms with van der Waals surface area (Å²) in [5, 5.41) is 9.25. The third kappa shape index (κ3) is 10.7. The zero-order valence-electron chi connectivity index (χ0n) is 22.5. The lowest BCUT2D eigenvalue weighted by Gasteiger charge is -2.23. The van der Waals surface area contributed by atoms with E-state index in [1.165, 1.54) is 0 Å². The highest BCUT2D eigenvalue weighted by atomic mass is 16.6. The average Bonchev–Trinajstić information content (AvgIpc) is 3.19. The van der Waals surface area contributed by atoms with Crippen molar-refractivity contribution >= 4 is 29.0 Å². The van der Waals surface area contributed by atoms with Gasteiger partial charge in [-0.05, 0) is 72.4 Å². The number of ether oxygens (including phenoxy) is 2. The van der Waals surface area contributed by atoms with Crippen molar-refractivity contribution in [3.05, 3.63) is 36.0 Å². The lowest BCUT2D eigenvalue weighted by atomic mass is 10.0. The Morgan fingerprint density at radius 1 is 0.943 bits per heavy atom. The first-order chi connectivity index (χ1) is 16.9. The molecule has 0 saturated carbocycles. The number of amides is 3. The summed E-state index contributed by atoms with van der Waals surface area (Å²) >= 11 is 0. The first kappa shape index (κ1) is 26.4. The maximum Gasteiger partial charge on any atom is 0.408 e. The third-order valence-corrected chi connectivity index (χ3v) is 4.90. The van der Waals surface area contributed by atoms with Crippen molar-refractivity contribution in [1.29, 1.82) is 0 Å². The predicted octanol–water partition coefficient (Wildman–Crippen LogP) is 4.41. The van der Waals surface area contributed by atoms with Gasteiger partial charge in [0, 0.05) is 38.0 Å². The van der Waals surface area contributed by atoms with E-state index >= 15 is 0 Å². The van der Waals surface area contributed by atoms with Gasteiger partial charge in [-0.2, -0.15) is 0 Å². The highest BCUT2D eigenvalue weighted by Crippen LogP contribution is 2.19. The van der Waals surface area contributed by atoms with E-state index in [1.54, 1.807) is 13.8 Å². The third-order valence-electron chi connectivity index (χ3n) is 4.90. The first-order valence-electron chi connectivity index (χ1n) is 12.7. The molecule has 0 aliphatic heterocycles. The van der Waals surface area contributed by atoms with E-state index in [0.29, 0.717) is 13.1 Å². The number of benzene rings is 1. The van der Waals surface area contributed by atoms with E-state index in [-0.39, 0.29) is 19.2 Å². The van der Waals surface area contributed by atoms with Gasteiger partial charge in [0.25, 0.3) is 0 Å². The van der Waals surface area contributed by atoms with Gasteiger partial charge in [0.05, 0.1) is 0 Å². The fourth-order valence-corrected chi connectivity index (χ4v) is 3.42. The van der Waals surface area contributed by atoms with E-state index in [9.17, 15) is 14.4 Å². The number of H-pyrrole nitrogens is 1. The van der Waals surface area contributed by atoms with Crippen molar-refractivity contribution in [2.24, 2.45) is 0 Å². The SMILES string of the molecule is [2H]CC(C)(C)OC(=O)N[C@@H](Cc1c[nH]c2ccccc12)C(=O)NCCCCCNC(=O)OC(C)(C)C. The van der Waals surface area contributed by atoms with Crippen LogP contribution in [-0.4, -0.2) is 53.4 Å². The highest BCUT2D eigenvalue weighted by Gasteiger charge is 2.25. The molecule has 0 aliphatic carbocycles. The Morgan fingerprint density at radius 3 is 2.29 bits per heavy atom. The average molecular weight is 490 g/mol. The second kappa shape index (κ2) is 12.5. The predicted molar refractivity (Wildman–Crippen MR) is 136 cm³/mol. The number of carbonyl (C=O) groups excluding carboxylic acids is 3. The van der Waals surface area contributed by atoms with Crippen molar-refractivity contribution in [2.45, 2.75) is 84.4 Å². The topological polar surface area (TPSA) is 122 Å². The van der Waals surface area contributed by atoms with Crippen LogP contribution in [-0.2, 0) is 20.7 Å². The van der Waals surface area contributed by atoms with Crippen LogP contribution < -0.4 is 16.0 Å². The molecule has 0 aliphatic rings. The van der Waals surface area contributed by atoms with E-state index in [0.717, 1.165) is 35.7 Å². The van der Waals surface area contributed by atoms with Crippen LogP contribution >= 0.6 is 0 Å². The molecule has 2 rings (SSSR count). The van der Waals surface area contributed by atoms with Crippen LogP contribution in [0.4, 0.5) is 9.59 Å². The molecule has 0 spiro atoms. The van der Waals surface area contributed by atoms with Crippen LogP contribution in [0.1, 0.15) is 67.7 Å². The van der Waals surface area contributed by atoms with Crippen molar-refractivity contribution in [1.82, 2.24) is 20.9 Å². The van der Waals surface area contributed by atoms with Crippen molar-refractivity contribution in [3.8, 4) is 0 Å². The number of alkyl carbamates (subject to hydrolysis) is 2. The van der Waals surface area contributed by atoms with Gasteiger partial charge in [0.2, 0.25) is 5.91 Å². The number of hydrogen-bond acceptors (Lipinski definition) is 5. The molecular weight excluding hydrogens is 448 g/mol. The Balaban J connectivity index is 1.87. The Kier molecular flexibility index (Phi) is 9.39. The number of rotatable bonds is 10. The number of hydrogen-bond donors (Lipinski definition) is 4. The van der Waals surface area contributed by atoms with Gasteiger partial charge >= 0.3 is 12.2 Å². The molecule has 0 radical (unpaired) electrons. The molecule has 3 amide bonds. The van der Waals surface area contributed by atoms with Crippen molar-refractivity contribution in [3.63, 3.8) is 0 Å². The molecule has 9 nitrogen and oxygen atoms in total. The normalized spacial score (nSPS) is 13.0. The van der Waals surface area contributed by atoms with Crippen LogP contribution in [0.25, 0.3) is 10.9 Å². The molecule has 1 aromatic carbocycles. The van der Waals surface area contributed by atoms with Crippen LogP contribution in [0.3, 0.4) is 0 Å². The summed E-state index contributed by atoms with van der Waals surface area (Å²) in [6.45, 7) is 9.56. The summed E-state index contributed by atoms with van der Waals surface area (Å²) in [7, 11) is 0. The minimum absolute atomic E-state index is 0.0947. The minimum atomic E-state index is -0.959. The second-order valence-electron chi connectivity index (χ2n) is 10.2. The summed E-state index contributed by atoms with van der Waals surface area (Å²) in [4.78, 5) is 40.3. The Bertz CT molecular complexity index is 1020. The van der Waals surface area contributed by atoms with Crippen LogP contribution in [0.15, 0.2) is 30.5 Å². The number of para-hydroxylation sites is 1. The monoisotopic (exact) mass is 489 g/mol. The standard InChI is InChI=1S/C26H40N4O5/c1-25(2,3)34-23(32)28-15-11-7-10-14-27-22(31)21(30-24(33)35-26(4,5)6)16-18-17-29-20-13-9-8-12-19(18)20/h8-9,12-13,17,21,29H,7,10-11,14-16H2,1-6H3,(H,27,31)(H,28,32)(H,30,33)/t21-/m0/s1/i4D. The number of unbranched alkanes of at least 4 members (excludes halogenated alkanes) is 2. The molecule has 1 atom stereocenters. The lowest BCUT2D eigenvalue weighted by Crippen LogP contribution is -2.49. The summed E-state index contributed by atoms with van der Waals surface area (Å²) in [5.74, 6) is -0.312. The smallest absolute Gasteiger partial charge is 0.408 e. The molecule has 1 aromatic heterocycles. The van der Waals surface area contributed by atoms with Crippen LogP contribution in [0, 0.1) is 0 Å². The molecule has 35 heavy (non-hydrogen) atoms. The molecular formula is C26H40N4O5. The maximum absolute atomic E-state index is 13.0. The van der Waals surface area contributed by atoms with Gasteiger partial charge < -0.3 is 30.4 Å². The second-order valence-corrected chi connectivity index (χ2v) is 10.2. The largest absolute Gasteiger partial charge is 0.444 e. The molecule has 0 fully saturated rings. The summed E-state index contributed by atoms with van der Waals surface area (Å²) in [6, 6.07) is 6.92. The number of aromatic amines is 1.